The summed E-state index contributed by atoms with van der Waals surface area (Å²) in [6.07, 6.45) is -0.580. The number of rotatable bonds is 8. The summed E-state index contributed by atoms with van der Waals surface area (Å²) in [5.41, 5.74) is 5.60. The van der Waals surface area contributed by atoms with Gasteiger partial charge in [0, 0.05) is 5.56 Å². The standard InChI is InChI=1S/C18H18Cl2FN3O5/c1-7(2)9-5-8(3-4-11(9)25)29-15-13(19)16(21)24-17(14(15)20)23-10(18(27)28)6-12(22)26/h3-5,7,10,25H,6H2,1-2H3,(H2,22,26)(H,23,24)(H,27,28). The maximum absolute atomic E-state index is 14.2. The molecule has 0 fully saturated rings. The molecule has 0 bridgehead atoms. The Labute approximate surface area is 175 Å². The number of benzene rings is 1. The van der Waals surface area contributed by atoms with Gasteiger partial charge in [0.25, 0.3) is 0 Å². The minimum Gasteiger partial charge on any atom is -0.508 e. The molecule has 0 saturated carbocycles. The molecule has 8 nitrogen and oxygen atoms in total. The number of nitrogens with two attached hydrogens (primary N) is 1. The van der Waals surface area contributed by atoms with E-state index in [1.165, 1.54) is 18.2 Å². The van der Waals surface area contributed by atoms with Gasteiger partial charge in [0.05, 0.1) is 6.42 Å². The molecule has 0 spiro atoms. The molecule has 0 aliphatic carbocycles. The molecule has 0 aliphatic rings. The average Bonchev–Trinajstić information content (AvgIpc) is 2.63. The Morgan fingerprint density at radius 3 is 2.52 bits per heavy atom. The first-order chi connectivity index (χ1) is 13.5. The van der Waals surface area contributed by atoms with Crippen LogP contribution in [0.5, 0.6) is 17.2 Å². The van der Waals surface area contributed by atoms with Crippen molar-refractivity contribution in [3.8, 4) is 17.2 Å². The summed E-state index contributed by atoms with van der Waals surface area (Å²) in [6.45, 7) is 3.72. The van der Waals surface area contributed by atoms with E-state index >= 15 is 0 Å². The molecule has 2 aromatic rings. The van der Waals surface area contributed by atoms with Crippen molar-refractivity contribution in [2.24, 2.45) is 5.73 Å². The summed E-state index contributed by atoms with van der Waals surface area (Å²) < 4.78 is 19.8. The van der Waals surface area contributed by atoms with Crippen LogP contribution in [0.15, 0.2) is 18.2 Å². The lowest BCUT2D eigenvalue weighted by Crippen LogP contribution is -2.34. The van der Waals surface area contributed by atoms with Gasteiger partial charge in [-0.05, 0) is 24.1 Å². The number of pyridine rings is 1. The van der Waals surface area contributed by atoms with Gasteiger partial charge in [-0.15, -0.1) is 0 Å². The number of nitrogens with one attached hydrogen (secondary N) is 1. The Morgan fingerprint density at radius 2 is 1.97 bits per heavy atom. The van der Waals surface area contributed by atoms with E-state index in [1.54, 1.807) is 0 Å². The number of carbonyl (C=O) groups is 2. The number of amides is 1. The van der Waals surface area contributed by atoms with Crippen LogP contribution in [0.4, 0.5) is 10.2 Å². The Hall–Kier alpha value is -2.78. The number of aromatic hydroxyl groups is 1. The minimum absolute atomic E-state index is 0.0268. The van der Waals surface area contributed by atoms with Gasteiger partial charge < -0.3 is 26.0 Å². The van der Waals surface area contributed by atoms with Crippen molar-refractivity contribution in [1.82, 2.24) is 4.98 Å². The van der Waals surface area contributed by atoms with E-state index in [4.69, 9.17) is 33.7 Å². The lowest BCUT2D eigenvalue weighted by molar-refractivity contribution is -0.139. The monoisotopic (exact) mass is 445 g/mol. The third-order valence-corrected chi connectivity index (χ3v) is 4.53. The highest BCUT2D eigenvalue weighted by Gasteiger charge is 2.26. The molecule has 1 aromatic carbocycles. The molecule has 0 saturated heterocycles. The molecule has 1 atom stereocenters. The molecule has 2 rings (SSSR count). The Balaban J connectivity index is 2.44. The Morgan fingerprint density at radius 1 is 1.31 bits per heavy atom. The van der Waals surface area contributed by atoms with Gasteiger partial charge in [-0.25, -0.2) is 4.79 Å². The molecule has 1 amide bonds. The zero-order valence-corrected chi connectivity index (χ0v) is 16.9. The van der Waals surface area contributed by atoms with Crippen LogP contribution in [-0.4, -0.2) is 33.1 Å². The van der Waals surface area contributed by atoms with Crippen LogP contribution >= 0.6 is 23.2 Å². The Bertz CT molecular complexity index is 956. The fourth-order valence-electron chi connectivity index (χ4n) is 2.42. The van der Waals surface area contributed by atoms with Crippen molar-refractivity contribution in [2.75, 3.05) is 5.32 Å². The first kappa shape index (κ1) is 22.5. The van der Waals surface area contributed by atoms with Crippen molar-refractivity contribution in [1.29, 1.82) is 0 Å². The predicted octanol–water partition coefficient (Wildman–Crippen LogP) is 3.89. The maximum Gasteiger partial charge on any atom is 0.326 e. The number of halogens is 3. The topological polar surface area (TPSA) is 135 Å². The van der Waals surface area contributed by atoms with Gasteiger partial charge in [-0.3, -0.25) is 4.79 Å². The number of hydrogen-bond acceptors (Lipinski definition) is 6. The van der Waals surface area contributed by atoms with Crippen molar-refractivity contribution in [3.63, 3.8) is 0 Å². The van der Waals surface area contributed by atoms with Crippen LogP contribution in [0.25, 0.3) is 0 Å². The van der Waals surface area contributed by atoms with E-state index in [1.807, 2.05) is 13.8 Å². The summed E-state index contributed by atoms with van der Waals surface area (Å²) in [4.78, 5) is 25.8. The minimum atomic E-state index is -1.49. The smallest absolute Gasteiger partial charge is 0.326 e. The number of aromatic nitrogens is 1. The molecule has 1 heterocycles. The number of nitrogens with zero attached hydrogens (tertiary/aromatic N) is 1. The third kappa shape index (κ3) is 5.39. The zero-order valence-electron chi connectivity index (χ0n) is 15.4. The predicted molar refractivity (Wildman–Crippen MR) is 105 cm³/mol. The molecule has 29 heavy (non-hydrogen) atoms. The first-order valence-electron chi connectivity index (χ1n) is 8.34. The first-order valence-corrected chi connectivity index (χ1v) is 9.09. The highest BCUT2D eigenvalue weighted by Crippen LogP contribution is 2.42. The summed E-state index contributed by atoms with van der Waals surface area (Å²) in [6, 6.07) is 2.86. The quantitative estimate of drug-likeness (QED) is 0.452. The van der Waals surface area contributed by atoms with E-state index in [2.05, 4.69) is 10.3 Å². The highest BCUT2D eigenvalue weighted by atomic mass is 35.5. The largest absolute Gasteiger partial charge is 0.508 e. The second-order valence-electron chi connectivity index (χ2n) is 6.39. The van der Waals surface area contributed by atoms with Gasteiger partial charge in [0.2, 0.25) is 11.9 Å². The van der Waals surface area contributed by atoms with E-state index < -0.39 is 35.3 Å². The number of phenols is 1. The third-order valence-electron chi connectivity index (χ3n) is 3.85. The molecule has 156 valence electrons. The van der Waals surface area contributed by atoms with Crippen LogP contribution < -0.4 is 15.8 Å². The number of phenolic OH excluding ortho intramolecular Hbond substituents is 1. The number of aliphatic carboxylic acids is 1. The van der Waals surface area contributed by atoms with Gasteiger partial charge in [-0.1, -0.05) is 37.0 Å². The van der Waals surface area contributed by atoms with Gasteiger partial charge in [-0.2, -0.15) is 9.37 Å². The number of carboxylic acid groups (broad SMARTS) is 1. The van der Waals surface area contributed by atoms with E-state index in [0.29, 0.717) is 5.56 Å². The molecule has 1 unspecified atom stereocenters. The molecule has 5 N–H and O–H groups in total. The lowest BCUT2D eigenvalue weighted by Gasteiger charge is -2.18. The van der Waals surface area contributed by atoms with Crippen LogP contribution in [0.1, 0.15) is 31.7 Å². The fourth-order valence-corrected chi connectivity index (χ4v) is 2.88. The van der Waals surface area contributed by atoms with Crippen molar-refractivity contribution >= 4 is 40.9 Å². The highest BCUT2D eigenvalue weighted by molar-refractivity contribution is 6.38. The molecule has 0 aliphatic heterocycles. The average molecular weight is 446 g/mol. The van der Waals surface area contributed by atoms with Gasteiger partial charge >= 0.3 is 5.97 Å². The number of anilines is 1. The molecular formula is C18H18Cl2FN3O5. The van der Waals surface area contributed by atoms with Crippen LogP contribution in [0, 0.1) is 5.95 Å². The van der Waals surface area contributed by atoms with Crippen molar-refractivity contribution < 1.29 is 28.9 Å². The summed E-state index contributed by atoms with van der Waals surface area (Å²) in [7, 11) is 0. The molecule has 0 radical (unpaired) electrons. The second-order valence-corrected chi connectivity index (χ2v) is 7.15. The van der Waals surface area contributed by atoms with Crippen LogP contribution in [0.2, 0.25) is 10.0 Å². The molecular weight excluding hydrogens is 428 g/mol. The van der Waals surface area contributed by atoms with E-state index in [0.717, 1.165) is 0 Å². The van der Waals surface area contributed by atoms with Crippen LogP contribution in [0.3, 0.4) is 0 Å². The summed E-state index contributed by atoms with van der Waals surface area (Å²) in [5, 5.41) is 20.6. The lowest BCUT2D eigenvalue weighted by atomic mass is 10.0. The van der Waals surface area contributed by atoms with Gasteiger partial charge in [0.15, 0.2) is 11.6 Å². The van der Waals surface area contributed by atoms with Crippen molar-refractivity contribution in [2.45, 2.75) is 32.2 Å². The molecule has 1 aromatic heterocycles. The summed E-state index contributed by atoms with van der Waals surface area (Å²) >= 11 is 12.1. The SMILES string of the molecule is CC(C)c1cc(Oc2c(Cl)c(F)nc(NC(CC(N)=O)C(=O)O)c2Cl)ccc1O. The number of carboxylic acids is 1. The summed E-state index contributed by atoms with van der Waals surface area (Å²) in [5.74, 6) is -3.94. The second kappa shape index (κ2) is 9.15. The number of ether oxygens (including phenoxy) is 1. The van der Waals surface area contributed by atoms with E-state index in [-0.39, 0.29) is 34.0 Å². The number of hydrogen-bond donors (Lipinski definition) is 4. The Kier molecular flexibility index (Phi) is 7.10. The van der Waals surface area contributed by atoms with E-state index in [9.17, 15) is 24.2 Å². The van der Waals surface area contributed by atoms with Crippen molar-refractivity contribution in [3.05, 3.63) is 39.8 Å². The zero-order chi connectivity index (χ0) is 21.9. The molecule has 11 heteroatoms. The van der Waals surface area contributed by atoms with Gasteiger partial charge in [0.1, 0.15) is 27.6 Å². The van der Waals surface area contributed by atoms with Crippen LogP contribution in [-0.2, 0) is 9.59 Å². The maximum atomic E-state index is 14.2. The normalized spacial score (nSPS) is 11.9. The fraction of sp³-hybridized carbons (Fsp3) is 0.278. The number of primary amides is 1. The number of carbonyl (C=O) groups excluding carboxylic acids is 1.